The average molecular weight is 381 g/mol. The highest BCUT2D eigenvalue weighted by Gasteiger charge is 2.27. The van der Waals surface area contributed by atoms with Gasteiger partial charge in [-0.3, -0.25) is 14.5 Å². The lowest BCUT2D eigenvalue weighted by Gasteiger charge is -2.35. The van der Waals surface area contributed by atoms with E-state index in [0.29, 0.717) is 31.7 Å². The molecule has 146 valence electrons. The number of hydrogen-bond donors (Lipinski definition) is 0. The van der Waals surface area contributed by atoms with E-state index in [-0.39, 0.29) is 17.4 Å². The number of anilines is 1. The molecular weight excluding hydrogens is 357 g/mol. The van der Waals surface area contributed by atoms with E-state index in [1.165, 1.54) is 17.7 Å². The van der Waals surface area contributed by atoms with Gasteiger partial charge in [0, 0.05) is 51.4 Å². The van der Waals surface area contributed by atoms with Crippen LogP contribution < -0.4 is 4.90 Å². The Hall–Kier alpha value is -2.73. The summed E-state index contributed by atoms with van der Waals surface area (Å²) < 4.78 is 14.4. The van der Waals surface area contributed by atoms with Crippen LogP contribution in [0.25, 0.3) is 0 Å². The molecule has 2 aliphatic heterocycles. The summed E-state index contributed by atoms with van der Waals surface area (Å²) in [6, 6.07) is 14.6. The van der Waals surface area contributed by atoms with Crippen molar-refractivity contribution in [1.29, 1.82) is 0 Å². The van der Waals surface area contributed by atoms with E-state index in [1.807, 2.05) is 18.2 Å². The summed E-state index contributed by atoms with van der Waals surface area (Å²) >= 11 is 0. The zero-order valence-electron chi connectivity index (χ0n) is 15.8. The Morgan fingerprint density at radius 1 is 0.964 bits per heavy atom. The van der Waals surface area contributed by atoms with E-state index in [2.05, 4.69) is 17.0 Å². The van der Waals surface area contributed by atoms with E-state index in [1.54, 1.807) is 15.9 Å². The fourth-order valence-electron chi connectivity index (χ4n) is 3.89. The van der Waals surface area contributed by atoms with Crippen LogP contribution in [0.5, 0.6) is 0 Å². The molecule has 2 saturated heterocycles. The van der Waals surface area contributed by atoms with Crippen molar-refractivity contribution in [2.24, 2.45) is 0 Å². The van der Waals surface area contributed by atoms with Crippen LogP contribution in [-0.4, -0.2) is 54.3 Å². The van der Waals surface area contributed by atoms with Crippen LogP contribution >= 0.6 is 0 Å². The number of benzene rings is 2. The predicted octanol–water partition coefficient (Wildman–Crippen LogP) is 2.91. The Bertz CT molecular complexity index is 863. The van der Waals surface area contributed by atoms with E-state index in [0.717, 1.165) is 26.1 Å². The van der Waals surface area contributed by atoms with Gasteiger partial charge in [-0.1, -0.05) is 30.3 Å². The first kappa shape index (κ1) is 18.6. The summed E-state index contributed by atoms with van der Waals surface area (Å²) in [5, 5.41) is 0. The molecule has 0 bridgehead atoms. The zero-order valence-corrected chi connectivity index (χ0v) is 15.8. The zero-order chi connectivity index (χ0) is 19.5. The molecule has 0 saturated carbocycles. The van der Waals surface area contributed by atoms with Gasteiger partial charge in [-0.2, -0.15) is 0 Å². The second-order valence-electron chi connectivity index (χ2n) is 7.37. The third kappa shape index (κ3) is 3.92. The molecule has 0 aromatic heterocycles. The molecule has 0 radical (unpaired) electrons. The number of carbonyl (C=O) groups is 2. The van der Waals surface area contributed by atoms with Gasteiger partial charge in [0.2, 0.25) is 5.91 Å². The van der Waals surface area contributed by atoms with E-state index >= 15 is 0 Å². The summed E-state index contributed by atoms with van der Waals surface area (Å²) in [5.41, 5.74) is 1.90. The summed E-state index contributed by atoms with van der Waals surface area (Å²) in [5.74, 6) is -0.808. The number of halogens is 1. The van der Waals surface area contributed by atoms with Crippen molar-refractivity contribution in [3.63, 3.8) is 0 Å². The number of nitrogens with zero attached hydrogens (tertiary/aromatic N) is 3. The molecule has 4 rings (SSSR count). The monoisotopic (exact) mass is 381 g/mol. The van der Waals surface area contributed by atoms with Gasteiger partial charge < -0.3 is 9.80 Å². The number of hydrogen-bond acceptors (Lipinski definition) is 3. The van der Waals surface area contributed by atoms with Crippen molar-refractivity contribution in [3.05, 3.63) is 65.5 Å². The van der Waals surface area contributed by atoms with Gasteiger partial charge in [0.25, 0.3) is 5.91 Å². The van der Waals surface area contributed by atoms with Gasteiger partial charge in [-0.15, -0.1) is 0 Å². The van der Waals surface area contributed by atoms with Gasteiger partial charge in [0.1, 0.15) is 5.82 Å². The molecule has 2 fully saturated rings. The first-order valence-corrected chi connectivity index (χ1v) is 9.77. The minimum Gasteiger partial charge on any atom is -0.336 e. The molecule has 2 amide bonds. The van der Waals surface area contributed by atoms with Crippen LogP contribution in [0, 0.1) is 5.82 Å². The molecule has 0 atom stereocenters. The van der Waals surface area contributed by atoms with Crippen LogP contribution in [0.2, 0.25) is 0 Å². The molecule has 6 heteroatoms. The van der Waals surface area contributed by atoms with Crippen molar-refractivity contribution in [1.82, 2.24) is 9.80 Å². The van der Waals surface area contributed by atoms with Crippen LogP contribution in [0.15, 0.2) is 48.5 Å². The lowest BCUT2D eigenvalue weighted by Crippen LogP contribution is -2.48. The van der Waals surface area contributed by atoms with Crippen LogP contribution in [-0.2, 0) is 11.3 Å². The molecule has 2 aliphatic rings. The molecule has 0 unspecified atom stereocenters. The molecule has 2 aromatic rings. The van der Waals surface area contributed by atoms with E-state index in [9.17, 15) is 14.0 Å². The van der Waals surface area contributed by atoms with Crippen molar-refractivity contribution in [3.8, 4) is 0 Å². The summed E-state index contributed by atoms with van der Waals surface area (Å²) in [7, 11) is 0. The van der Waals surface area contributed by atoms with E-state index < -0.39 is 5.82 Å². The standard InChI is InChI=1S/C22H24FN3O2/c23-20-9-8-18(26-10-4-7-21(26)27)15-19(20)22(28)25-13-11-24(12-14-25)16-17-5-2-1-3-6-17/h1-3,5-6,8-9,15H,4,7,10-14,16H2. The molecule has 2 aromatic carbocycles. The third-order valence-electron chi connectivity index (χ3n) is 5.47. The largest absolute Gasteiger partial charge is 0.336 e. The SMILES string of the molecule is O=C(c1cc(N2CCCC2=O)ccc1F)N1CCN(Cc2ccccc2)CC1. The second kappa shape index (κ2) is 8.10. The Balaban J connectivity index is 1.42. The van der Waals surface area contributed by atoms with Gasteiger partial charge in [-0.05, 0) is 30.2 Å². The maximum Gasteiger partial charge on any atom is 0.256 e. The van der Waals surface area contributed by atoms with Gasteiger partial charge in [0.15, 0.2) is 0 Å². The van der Waals surface area contributed by atoms with Crippen LogP contribution in [0.4, 0.5) is 10.1 Å². The first-order valence-electron chi connectivity index (χ1n) is 9.77. The Labute approximate surface area is 164 Å². The molecule has 5 nitrogen and oxygen atoms in total. The second-order valence-corrected chi connectivity index (χ2v) is 7.37. The van der Waals surface area contributed by atoms with Crippen LogP contribution in [0.1, 0.15) is 28.8 Å². The molecule has 0 aliphatic carbocycles. The third-order valence-corrected chi connectivity index (χ3v) is 5.47. The first-order chi connectivity index (χ1) is 13.6. The maximum absolute atomic E-state index is 14.4. The van der Waals surface area contributed by atoms with E-state index in [4.69, 9.17) is 0 Å². The highest BCUT2D eigenvalue weighted by Crippen LogP contribution is 2.25. The smallest absolute Gasteiger partial charge is 0.256 e. The van der Waals surface area contributed by atoms with Gasteiger partial charge in [0.05, 0.1) is 5.56 Å². The van der Waals surface area contributed by atoms with Crippen molar-refractivity contribution >= 4 is 17.5 Å². The lowest BCUT2D eigenvalue weighted by atomic mass is 10.1. The Kier molecular flexibility index (Phi) is 5.39. The fourth-order valence-corrected chi connectivity index (χ4v) is 3.89. The molecule has 0 N–H and O–H groups in total. The molecular formula is C22H24FN3O2. The molecule has 0 spiro atoms. The minimum absolute atomic E-state index is 0.0273. The van der Waals surface area contributed by atoms with Crippen molar-refractivity contribution in [2.45, 2.75) is 19.4 Å². The van der Waals surface area contributed by atoms with Crippen LogP contribution in [0.3, 0.4) is 0 Å². The normalized spacial score (nSPS) is 18.0. The van der Waals surface area contributed by atoms with Crippen molar-refractivity contribution in [2.75, 3.05) is 37.6 Å². The Morgan fingerprint density at radius 2 is 1.71 bits per heavy atom. The summed E-state index contributed by atoms with van der Waals surface area (Å²) in [6.45, 7) is 4.12. The number of carbonyl (C=O) groups excluding carboxylic acids is 2. The number of piperazine rings is 1. The number of rotatable bonds is 4. The minimum atomic E-state index is -0.535. The summed E-state index contributed by atoms with van der Waals surface area (Å²) in [4.78, 5) is 30.5. The Morgan fingerprint density at radius 3 is 2.39 bits per heavy atom. The van der Waals surface area contributed by atoms with Crippen molar-refractivity contribution < 1.29 is 14.0 Å². The highest BCUT2D eigenvalue weighted by molar-refractivity contribution is 5.99. The lowest BCUT2D eigenvalue weighted by molar-refractivity contribution is -0.117. The quantitative estimate of drug-likeness (QED) is 0.818. The molecule has 28 heavy (non-hydrogen) atoms. The number of amides is 2. The average Bonchev–Trinajstić information content (AvgIpc) is 3.15. The topological polar surface area (TPSA) is 43.9 Å². The van der Waals surface area contributed by atoms with Gasteiger partial charge >= 0.3 is 0 Å². The predicted molar refractivity (Wildman–Crippen MR) is 106 cm³/mol. The summed E-state index contributed by atoms with van der Waals surface area (Å²) in [6.07, 6.45) is 1.30. The van der Waals surface area contributed by atoms with Gasteiger partial charge in [-0.25, -0.2) is 4.39 Å². The maximum atomic E-state index is 14.4. The molecule has 2 heterocycles. The highest BCUT2D eigenvalue weighted by atomic mass is 19.1. The fraction of sp³-hybridized carbons (Fsp3) is 0.364.